The molecule has 2 rings (SSSR count). The van der Waals surface area contributed by atoms with Gasteiger partial charge in [0.25, 0.3) is 5.91 Å². The van der Waals surface area contributed by atoms with Gasteiger partial charge in [0.2, 0.25) is 0 Å². The standard InChI is InChI=1S/C12H14F2N2OS/c1-7-6-18-3-2-16(7)12(17)9-4-8(13)5-10(15)11(9)14/h4-5,7H,2-3,6,15H2,1H3. The maximum Gasteiger partial charge on any atom is 0.257 e. The molecule has 1 saturated heterocycles. The summed E-state index contributed by atoms with van der Waals surface area (Å²) in [5.41, 5.74) is 4.71. The molecule has 3 nitrogen and oxygen atoms in total. The van der Waals surface area contributed by atoms with Crippen LogP contribution in [-0.4, -0.2) is 34.9 Å². The van der Waals surface area contributed by atoms with Gasteiger partial charge in [-0.3, -0.25) is 4.79 Å². The van der Waals surface area contributed by atoms with Crippen LogP contribution < -0.4 is 5.73 Å². The zero-order chi connectivity index (χ0) is 13.3. The minimum atomic E-state index is -0.841. The molecular formula is C12H14F2N2OS. The van der Waals surface area contributed by atoms with Crippen LogP contribution in [0.25, 0.3) is 0 Å². The van der Waals surface area contributed by atoms with E-state index in [4.69, 9.17) is 5.73 Å². The van der Waals surface area contributed by atoms with E-state index < -0.39 is 17.5 Å². The zero-order valence-corrected chi connectivity index (χ0v) is 10.8. The van der Waals surface area contributed by atoms with Gasteiger partial charge in [0.1, 0.15) is 5.82 Å². The lowest BCUT2D eigenvalue weighted by Crippen LogP contribution is -2.44. The molecule has 98 valence electrons. The van der Waals surface area contributed by atoms with Crippen LogP contribution in [0.3, 0.4) is 0 Å². The Morgan fingerprint density at radius 2 is 2.22 bits per heavy atom. The van der Waals surface area contributed by atoms with Crippen molar-refractivity contribution in [1.29, 1.82) is 0 Å². The molecular weight excluding hydrogens is 258 g/mol. The van der Waals surface area contributed by atoms with Crippen LogP contribution in [-0.2, 0) is 0 Å². The van der Waals surface area contributed by atoms with E-state index in [9.17, 15) is 13.6 Å². The largest absolute Gasteiger partial charge is 0.396 e. The molecule has 1 atom stereocenters. The Balaban J connectivity index is 2.33. The second kappa shape index (κ2) is 5.14. The van der Waals surface area contributed by atoms with E-state index in [1.807, 2.05) is 6.92 Å². The van der Waals surface area contributed by atoms with E-state index in [-0.39, 0.29) is 17.3 Å². The first-order valence-electron chi connectivity index (χ1n) is 5.64. The Bertz CT molecular complexity index is 481. The molecule has 6 heteroatoms. The third kappa shape index (κ3) is 2.43. The molecule has 0 saturated carbocycles. The summed E-state index contributed by atoms with van der Waals surface area (Å²) in [6.07, 6.45) is 0. The first-order valence-corrected chi connectivity index (χ1v) is 6.79. The van der Waals surface area contributed by atoms with Crippen molar-refractivity contribution in [1.82, 2.24) is 4.90 Å². The van der Waals surface area contributed by atoms with E-state index in [1.54, 1.807) is 16.7 Å². The van der Waals surface area contributed by atoms with Crippen molar-refractivity contribution in [2.45, 2.75) is 13.0 Å². The molecule has 0 spiro atoms. The number of rotatable bonds is 1. The van der Waals surface area contributed by atoms with Gasteiger partial charge in [-0.2, -0.15) is 11.8 Å². The van der Waals surface area contributed by atoms with E-state index >= 15 is 0 Å². The minimum absolute atomic E-state index is 0.0140. The molecule has 1 amide bonds. The van der Waals surface area contributed by atoms with Crippen LogP contribution >= 0.6 is 11.8 Å². The average Bonchev–Trinajstić information content (AvgIpc) is 2.33. The summed E-state index contributed by atoms with van der Waals surface area (Å²) in [6.45, 7) is 2.44. The van der Waals surface area contributed by atoms with Crippen molar-refractivity contribution in [2.75, 3.05) is 23.8 Å². The fourth-order valence-electron chi connectivity index (χ4n) is 1.95. The monoisotopic (exact) mass is 272 g/mol. The smallest absolute Gasteiger partial charge is 0.257 e. The summed E-state index contributed by atoms with van der Waals surface area (Å²) in [7, 11) is 0. The second-order valence-electron chi connectivity index (χ2n) is 4.28. The molecule has 1 aliphatic rings. The number of nitrogens with zero attached hydrogens (tertiary/aromatic N) is 1. The van der Waals surface area contributed by atoms with Gasteiger partial charge in [-0.1, -0.05) is 0 Å². The number of hydrogen-bond donors (Lipinski definition) is 1. The molecule has 1 aromatic carbocycles. The van der Waals surface area contributed by atoms with Gasteiger partial charge in [-0.05, 0) is 19.1 Å². The second-order valence-corrected chi connectivity index (χ2v) is 5.43. The highest BCUT2D eigenvalue weighted by Gasteiger charge is 2.27. The SMILES string of the molecule is CC1CSCCN1C(=O)c1cc(F)cc(N)c1F. The van der Waals surface area contributed by atoms with Crippen molar-refractivity contribution >= 4 is 23.4 Å². The van der Waals surface area contributed by atoms with Crippen LogP contribution in [0.2, 0.25) is 0 Å². The summed E-state index contributed by atoms with van der Waals surface area (Å²) < 4.78 is 27.0. The van der Waals surface area contributed by atoms with Crippen LogP contribution in [0.5, 0.6) is 0 Å². The number of hydrogen-bond acceptors (Lipinski definition) is 3. The molecule has 1 aromatic rings. The van der Waals surface area contributed by atoms with Gasteiger partial charge >= 0.3 is 0 Å². The molecule has 0 aliphatic carbocycles. The summed E-state index contributed by atoms with van der Waals surface area (Å²) in [5.74, 6) is -0.421. The molecule has 1 heterocycles. The summed E-state index contributed by atoms with van der Waals surface area (Å²) in [5, 5.41) is 0. The number of benzene rings is 1. The zero-order valence-electron chi connectivity index (χ0n) is 9.95. The van der Waals surface area contributed by atoms with Gasteiger partial charge in [-0.25, -0.2) is 8.78 Å². The maximum atomic E-state index is 13.8. The van der Waals surface area contributed by atoms with Crippen LogP contribution in [0.4, 0.5) is 14.5 Å². The maximum absolute atomic E-state index is 13.8. The molecule has 1 fully saturated rings. The lowest BCUT2D eigenvalue weighted by atomic mass is 10.1. The van der Waals surface area contributed by atoms with Crippen molar-refractivity contribution in [3.05, 3.63) is 29.3 Å². The van der Waals surface area contributed by atoms with Crippen molar-refractivity contribution in [3.63, 3.8) is 0 Å². The summed E-state index contributed by atoms with van der Waals surface area (Å²) >= 11 is 1.74. The number of nitrogens with two attached hydrogens (primary N) is 1. The van der Waals surface area contributed by atoms with Crippen molar-refractivity contribution in [3.8, 4) is 0 Å². The highest BCUT2D eigenvalue weighted by Crippen LogP contribution is 2.23. The predicted octanol–water partition coefficient (Wildman–Crippen LogP) is 2.12. The summed E-state index contributed by atoms with van der Waals surface area (Å²) in [6, 6.07) is 1.80. The first kappa shape index (κ1) is 13.1. The highest BCUT2D eigenvalue weighted by atomic mass is 32.2. The third-order valence-corrected chi connectivity index (χ3v) is 4.11. The topological polar surface area (TPSA) is 46.3 Å². The third-order valence-electron chi connectivity index (χ3n) is 2.92. The quantitative estimate of drug-likeness (QED) is 0.797. The summed E-state index contributed by atoms with van der Waals surface area (Å²) in [4.78, 5) is 13.8. The molecule has 0 bridgehead atoms. The van der Waals surface area contributed by atoms with Gasteiger partial charge in [0.15, 0.2) is 5.82 Å². The number of carbonyl (C=O) groups excluding carboxylic acids is 1. The Kier molecular flexibility index (Phi) is 3.75. The van der Waals surface area contributed by atoms with E-state index in [1.165, 1.54) is 0 Å². The predicted molar refractivity (Wildman–Crippen MR) is 68.6 cm³/mol. The Morgan fingerprint density at radius 1 is 1.50 bits per heavy atom. The molecule has 2 N–H and O–H groups in total. The Labute approximate surface area is 108 Å². The fraction of sp³-hybridized carbons (Fsp3) is 0.417. The van der Waals surface area contributed by atoms with Gasteiger partial charge < -0.3 is 10.6 Å². The van der Waals surface area contributed by atoms with Gasteiger partial charge in [-0.15, -0.1) is 0 Å². The highest BCUT2D eigenvalue weighted by molar-refractivity contribution is 7.99. The minimum Gasteiger partial charge on any atom is -0.396 e. The molecule has 1 aliphatic heterocycles. The Morgan fingerprint density at radius 3 is 2.89 bits per heavy atom. The van der Waals surface area contributed by atoms with Crippen LogP contribution in [0.1, 0.15) is 17.3 Å². The first-order chi connectivity index (χ1) is 8.50. The average molecular weight is 272 g/mol. The molecule has 18 heavy (non-hydrogen) atoms. The van der Waals surface area contributed by atoms with E-state index in [2.05, 4.69) is 0 Å². The number of anilines is 1. The number of halogens is 2. The normalized spacial score (nSPS) is 19.9. The lowest BCUT2D eigenvalue weighted by Gasteiger charge is -2.33. The Hall–Kier alpha value is -1.30. The lowest BCUT2D eigenvalue weighted by molar-refractivity contribution is 0.0711. The number of carbonyl (C=O) groups is 1. The number of nitrogen functional groups attached to an aromatic ring is 1. The van der Waals surface area contributed by atoms with Crippen LogP contribution in [0.15, 0.2) is 12.1 Å². The van der Waals surface area contributed by atoms with Gasteiger partial charge in [0, 0.05) is 24.1 Å². The van der Waals surface area contributed by atoms with E-state index in [0.29, 0.717) is 6.54 Å². The molecule has 0 radical (unpaired) electrons. The number of amides is 1. The van der Waals surface area contributed by atoms with Crippen molar-refractivity contribution in [2.24, 2.45) is 0 Å². The van der Waals surface area contributed by atoms with Crippen LogP contribution in [0, 0.1) is 11.6 Å². The molecule has 1 unspecified atom stereocenters. The van der Waals surface area contributed by atoms with E-state index in [0.717, 1.165) is 23.6 Å². The fourth-order valence-corrected chi connectivity index (χ4v) is 2.96. The van der Waals surface area contributed by atoms with Crippen molar-refractivity contribution < 1.29 is 13.6 Å². The van der Waals surface area contributed by atoms with Gasteiger partial charge in [0.05, 0.1) is 11.3 Å². The number of thioether (sulfide) groups is 1. The molecule has 0 aromatic heterocycles.